The summed E-state index contributed by atoms with van der Waals surface area (Å²) in [6, 6.07) is 21.9. The molecule has 0 saturated carbocycles. The maximum atomic E-state index is 12.4. The largest absolute Gasteiger partial charge is 0.497 e. The van der Waals surface area contributed by atoms with Crippen LogP contribution in [0.4, 0.5) is 17.1 Å². The van der Waals surface area contributed by atoms with Crippen LogP contribution >= 0.6 is 0 Å². The van der Waals surface area contributed by atoms with Crippen LogP contribution in [0.25, 0.3) is 0 Å². The lowest BCUT2D eigenvalue weighted by atomic mass is 10.0. The number of hydrogen-bond donors (Lipinski definition) is 0. The van der Waals surface area contributed by atoms with Crippen LogP contribution in [0.15, 0.2) is 72.8 Å². The molecule has 0 fully saturated rings. The van der Waals surface area contributed by atoms with Gasteiger partial charge in [-0.3, -0.25) is 4.79 Å². The van der Waals surface area contributed by atoms with E-state index in [9.17, 15) is 9.59 Å². The molecule has 0 unspecified atom stereocenters. The minimum atomic E-state index is -0.455. The molecule has 0 radical (unpaired) electrons. The fraction of sp³-hybridized carbons (Fsp3) is 0.130. The lowest BCUT2D eigenvalue weighted by molar-refractivity contribution is 0.0601. The number of ether oxygens (including phenoxy) is 2. The second-order valence-corrected chi connectivity index (χ2v) is 6.12. The first-order chi connectivity index (χ1) is 13.6. The van der Waals surface area contributed by atoms with E-state index in [-0.39, 0.29) is 5.78 Å². The first kappa shape index (κ1) is 19.2. The standard InChI is InChI=1S/C23H21NO4/c1-16(25)19-11-4-6-13-21(19)24(17-9-8-10-18(15-17)27-2)22-14-7-5-12-20(22)23(26)28-3/h4-15H,1-3H3. The number of carbonyl (C=O) groups excluding carboxylic acids is 2. The third kappa shape index (κ3) is 3.74. The van der Waals surface area contributed by atoms with E-state index in [1.807, 2.05) is 59.5 Å². The molecule has 3 aromatic carbocycles. The van der Waals surface area contributed by atoms with Gasteiger partial charge in [0.2, 0.25) is 0 Å². The van der Waals surface area contributed by atoms with Crippen molar-refractivity contribution in [1.82, 2.24) is 0 Å². The van der Waals surface area contributed by atoms with Gasteiger partial charge in [0.1, 0.15) is 5.75 Å². The number of rotatable bonds is 6. The molecular formula is C23H21NO4. The quantitative estimate of drug-likeness (QED) is 0.440. The van der Waals surface area contributed by atoms with Gasteiger partial charge in [0.05, 0.1) is 31.2 Å². The molecule has 142 valence electrons. The number of anilines is 3. The van der Waals surface area contributed by atoms with Crippen molar-refractivity contribution in [2.24, 2.45) is 0 Å². The summed E-state index contributed by atoms with van der Waals surface area (Å²) < 4.78 is 10.3. The van der Waals surface area contributed by atoms with Gasteiger partial charge in [0, 0.05) is 17.3 Å². The van der Waals surface area contributed by atoms with E-state index in [0.29, 0.717) is 28.3 Å². The van der Waals surface area contributed by atoms with E-state index in [1.165, 1.54) is 14.0 Å². The van der Waals surface area contributed by atoms with Crippen LogP contribution in [0, 0.1) is 0 Å². The molecule has 0 aliphatic rings. The van der Waals surface area contributed by atoms with Gasteiger partial charge in [-0.1, -0.05) is 30.3 Å². The third-order valence-corrected chi connectivity index (χ3v) is 4.39. The highest BCUT2D eigenvalue weighted by Gasteiger charge is 2.23. The summed E-state index contributed by atoms with van der Waals surface area (Å²) >= 11 is 0. The van der Waals surface area contributed by atoms with Gasteiger partial charge in [0.25, 0.3) is 0 Å². The van der Waals surface area contributed by atoms with E-state index in [4.69, 9.17) is 9.47 Å². The van der Waals surface area contributed by atoms with Crippen LogP contribution in [0.3, 0.4) is 0 Å². The maximum absolute atomic E-state index is 12.4. The van der Waals surface area contributed by atoms with Gasteiger partial charge < -0.3 is 14.4 Å². The van der Waals surface area contributed by atoms with Crippen LogP contribution in [0.5, 0.6) is 5.75 Å². The Morgan fingerprint density at radius 2 is 1.39 bits per heavy atom. The molecule has 0 aliphatic heterocycles. The SMILES string of the molecule is COC(=O)c1ccccc1N(c1cccc(OC)c1)c1ccccc1C(C)=O. The van der Waals surface area contributed by atoms with Crippen LogP contribution < -0.4 is 9.64 Å². The molecule has 0 atom stereocenters. The van der Waals surface area contributed by atoms with Gasteiger partial charge in [-0.15, -0.1) is 0 Å². The van der Waals surface area contributed by atoms with E-state index < -0.39 is 5.97 Å². The van der Waals surface area contributed by atoms with Crippen molar-refractivity contribution < 1.29 is 19.1 Å². The molecule has 0 heterocycles. The first-order valence-corrected chi connectivity index (χ1v) is 8.78. The van der Waals surface area contributed by atoms with Crippen molar-refractivity contribution in [3.05, 3.63) is 83.9 Å². The number of methoxy groups -OCH3 is 2. The fourth-order valence-electron chi connectivity index (χ4n) is 3.08. The van der Waals surface area contributed by atoms with E-state index in [0.717, 1.165) is 5.69 Å². The van der Waals surface area contributed by atoms with E-state index in [2.05, 4.69) is 0 Å². The van der Waals surface area contributed by atoms with Crippen molar-refractivity contribution in [2.75, 3.05) is 19.1 Å². The number of benzene rings is 3. The van der Waals surface area contributed by atoms with Gasteiger partial charge in [-0.25, -0.2) is 4.79 Å². The highest BCUT2D eigenvalue weighted by atomic mass is 16.5. The summed E-state index contributed by atoms with van der Waals surface area (Å²) in [7, 11) is 2.94. The Balaban J connectivity index is 2.31. The molecule has 0 spiro atoms. The van der Waals surface area contributed by atoms with E-state index >= 15 is 0 Å². The van der Waals surface area contributed by atoms with Crippen molar-refractivity contribution >= 4 is 28.8 Å². The monoisotopic (exact) mass is 375 g/mol. The Morgan fingerprint density at radius 3 is 2.00 bits per heavy atom. The summed E-state index contributed by atoms with van der Waals surface area (Å²) in [6.07, 6.45) is 0. The topological polar surface area (TPSA) is 55.8 Å². The van der Waals surface area contributed by atoms with Gasteiger partial charge >= 0.3 is 5.97 Å². The summed E-state index contributed by atoms with van der Waals surface area (Å²) in [6.45, 7) is 1.52. The van der Waals surface area contributed by atoms with Gasteiger partial charge in [0.15, 0.2) is 5.78 Å². The Hall–Kier alpha value is -3.60. The number of carbonyl (C=O) groups is 2. The number of para-hydroxylation sites is 2. The second kappa shape index (κ2) is 8.39. The highest BCUT2D eigenvalue weighted by Crippen LogP contribution is 2.39. The van der Waals surface area contributed by atoms with Crippen molar-refractivity contribution in [3.63, 3.8) is 0 Å². The Bertz CT molecular complexity index is 1010. The summed E-state index contributed by atoms with van der Waals surface area (Å²) in [5, 5.41) is 0. The van der Waals surface area contributed by atoms with E-state index in [1.54, 1.807) is 25.3 Å². The number of nitrogens with zero attached hydrogens (tertiary/aromatic N) is 1. The zero-order valence-electron chi connectivity index (χ0n) is 16.0. The van der Waals surface area contributed by atoms with Crippen molar-refractivity contribution in [2.45, 2.75) is 6.92 Å². The van der Waals surface area contributed by atoms with Crippen LogP contribution in [-0.2, 0) is 4.74 Å². The fourth-order valence-corrected chi connectivity index (χ4v) is 3.08. The summed E-state index contributed by atoms with van der Waals surface area (Å²) in [5.74, 6) is 0.140. The molecule has 3 aromatic rings. The minimum Gasteiger partial charge on any atom is -0.497 e. The van der Waals surface area contributed by atoms with Crippen molar-refractivity contribution in [1.29, 1.82) is 0 Å². The molecule has 5 heteroatoms. The predicted molar refractivity (Wildman–Crippen MR) is 109 cm³/mol. The lowest BCUT2D eigenvalue weighted by Gasteiger charge is -2.28. The first-order valence-electron chi connectivity index (χ1n) is 8.78. The highest BCUT2D eigenvalue weighted by molar-refractivity contribution is 6.04. The zero-order chi connectivity index (χ0) is 20.1. The minimum absolute atomic E-state index is 0.0703. The Labute approximate surface area is 164 Å². The van der Waals surface area contributed by atoms with Crippen LogP contribution in [0.1, 0.15) is 27.6 Å². The van der Waals surface area contributed by atoms with Crippen molar-refractivity contribution in [3.8, 4) is 5.75 Å². The summed E-state index contributed by atoms with van der Waals surface area (Å²) in [5.41, 5.74) is 2.97. The normalized spacial score (nSPS) is 10.2. The van der Waals surface area contributed by atoms with Gasteiger partial charge in [-0.05, 0) is 43.3 Å². The molecule has 0 saturated heterocycles. The molecule has 0 aliphatic carbocycles. The van der Waals surface area contributed by atoms with Crippen LogP contribution in [0.2, 0.25) is 0 Å². The average Bonchev–Trinajstić information content (AvgIpc) is 2.74. The molecule has 28 heavy (non-hydrogen) atoms. The number of esters is 1. The molecule has 0 amide bonds. The molecule has 3 rings (SSSR count). The zero-order valence-corrected chi connectivity index (χ0v) is 16.0. The number of Topliss-reactive ketones (excluding diaryl/α,β-unsaturated/α-hetero) is 1. The predicted octanol–water partition coefficient (Wildman–Crippen LogP) is 5.15. The number of hydrogen-bond acceptors (Lipinski definition) is 5. The molecule has 0 aromatic heterocycles. The summed E-state index contributed by atoms with van der Waals surface area (Å²) in [4.78, 5) is 26.6. The Kier molecular flexibility index (Phi) is 5.75. The Morgan fingerprint density at radius 1 is 0.786 bits per heavy atom. The third-order valence-electron chi connectivity index (χ3n) is 4.39. The second-order valence-electron chi connectivity index (χ2n) is 6.12. The maximum Gasteiger partial charge on any atom is 0.339 e. The lowest BCUT2D eigenvalue weighted by Crippen LogP contribution is -2.17. The van der Waals surface area contributed by atoms with Gasteiger partial charge in [-0.2, -0.15) is 0 Å². The molecule has 0 bridgehead atoms. The molecule has 0 N–H and O–H groups in total. The average molecular weight is 375 g/mol. The molecule has 5 nitrogen and oxygen atoms in total. The smallest absolute Gasteiger partial charge is 0.339 e. The molecular weight excluding hydrogens is 354 g/mol. The number of ketones is 1. The van der Waals surface area contributed by atoms with Crippen LogP contribution in [-0.4, -0.2) is 26.0 Å².